The molecule has 25 nitrogen and oxygen atoms in total. The van der Waals surface area contributed by atoms with Crippen LogP contribution in [0.25, 0.3) is 0 Å². The summed E-state index contributed by atoms with van der Waals surface area (Å²) in [5.41, 5.74) is 5.61. The first-order valence-corrected chi connectivity index (χ1v) is 33.3. The summed E-state index contributed by atoms with van der Waals surface area (Å²) in [6.45, 7) is 6.05. The number of unbranched alkanes of at least 4 members (excludes halogenated alkanes) is 23. The molecule has 0 saturated carbocycles. The first-order valence-electron chi connectivity index (χ1n) is 33.3. The van der Waals surface area contributed by atoms with E-state index < -0.39 is 147 Å². The molecule has 0 spiro atoms. The Morgan fingerprint density at radius 3 is 1.45 bits per heavy atom. The molecule has 0 bridgehead atoms. The third-order valence-electron chi connectivity index (χ3n) is 16.6. The summed E-state index contributed by atoms with van der Waals surface area (Å²) in [7, 11) is 0. The van der Waals surface area contributed by atoms with Crippen LogP contribution in [0.3, 0.4) is 0 Å². The Balaban J connectivity index is 1.95. The lowest BCUT2D eigenvalue weighted by Crippen LogP contribution is -2.69. The number of nitrogens with two attached hydrogens (primary N) is 1. The fourth-order valence-corrected chi connectivity index (χ4v) is 11.4. The van der Waals surface area contributed by atoms with Crippen LogP contribution in [0.5, 0.6) is 0 Å². The first-order chi connectivity index (χ1) is 42.2. The van der Waals surface area contributed by atoms with E-state index in [0.717, 1.165) is 52.4 Å². The summed E-state index contributed by atoms with van der Waals surface area (Å²) >= 11 is 0. The predicted octanol–water partition coefficient (Wildman–Crippen LogP) is 4.21. The Morgan fingerprint density at radius 1 is 0.511 bits per heavy atom. The number of hydrogen-bond donors (Lipinski definition) is 13. The van der Waals surface area contributed by atoms with Gasteiger partial charge >= 0.3 is 5.97 Å². The molecule has 2 aliphatic heterocycles. The number of hydrogen-bond acceptors (Lipinski definition) is 17. The number of amides is 7. The number of aliphatic carboxylic acids is 1. The predicted molar refractivity (Wildman–Crippen MR) is 329 cm³/mol. The average molecular weight is 1260 g/mol. The van der Waals surface area contributed by atoms with Crippen LogP contribution < -0.4 is 37.6 Å². The molecule has 1 unspecified atom stereocenters. The van der Waals surface area contributed by atoms with Gasteiger partial charge in [0, 0.05) is 32.7 Å². The molecular formula is C63H115N7O18. The van der Waals surface area contributed by atoms with E-state index in [-0.39, 0.29) is 31.1 Å². The number of aliphatic hydroxyl groups excluding tert-OH is 5. The van der Waals surface area contributed by atoms with E-state index in [9.17, 15) is 69.0 Å². The second-order valence-corrected chi connectivity index (χ2v) is 24.1. The van der Waals surface area contributed by atoms with E-state index >= 15 is 0 Å². The minimum Gasteiger partial charge on any atom is -0.480 e. The van der Waals surface area contributed by atoms with Crippen LogP contribution in [0.15, 0.2) is 0 Å². The highest BCUT2D eigenvalue weighted by atomic mass is 16.7. The van der Waals surface area contributed by atoms with E-state index in [1.807, 2.05) is 0 Å². The SMILES string of the molecule is CCCCCCCCCCCCCCC(CCCCCCCCCCCCCC)C(=O)NCCCC[C@H](NC(=O)CC[C@@H](NC(=O)[C@H](CC)NC(=O)CO[C@H]1[C@H](O[C@@H]2O[C@H](CO)[C@@H](O)[C@H](O)[C@H]2NC(C)=O)[C@@H](CO)OC(O)[C@@H]1NC(C)=O)C(N)=O)C(=O)O. The van der Waals surface area contributed by atoms with Crippen molar-refractivity contribution >= 4 is 47.3 Å². The van der Waals surface area contributed by atoms with Crippen LogP contribution in [0.1, 0.15) is 240 Å². The molecule has 0 radical (unpaired) electrons. The van der Waals surface area contributed by atoms with Gasteiger partial charge in [-0.25, -0.2) is 4.79 Å². The van der Waals surface area contributed by atoms with Gasteiger partial charge in [0.25, 0.3) is 0 Å². The van der Waals surface area contributed by atoms with E-state index in [4.69, 9.17) is 24.7 Å². The molecule has 2 heterocycles. The van der Waals surface area contributed by atoms with Gasteiger partial charge in [-0.15, -0.1) is 0 Å². The van der Waals surface area contributed by atoms with E-state index in [1.54, 1.807) is 0 Å². The summed E-state index contributed by atoms with van der Waals surface area (Å²) in [5.74, 6) is -6.25. The van der Waals surface area contributed by atoms with Crippen LogP contribution >= 0.6 is 0 Å². The van der Waals surface area contributed by atoms with Gasteiger partial charge in [-0.1, -0.05) is 175 Å². The van der Waals surface area contributed by atoms with E-state index in [0.29, 0.717) is 19.4 Å². The number of aliphatic hydroxyl groups is 5. The highest BCUT2D eigenvalue weighted by molar-refractivity contribution is 5.92. The molecule has 0 aliphatic carbocycles. The van der Waals surface area contributed by atoms with Crippen molar-refractivity contribution in [2.75, 3.05) is 26.4 Å². The zero-order chi connectivity index (χ0) is 65.2. The summed E-state index contributed by atoms with van der Waals surface area (Å²) in [5, 5.41) is 77.7. The number of carboxylic acids is 1. The third kappa shape index (κ3) is 32.4. The van der Waals surface area contributed by atoms with E-state index in [2.05, 4.69) is 45.7 Å². The lowest BCUT2D eigenvalue weighted by atomic mass is 9.93. The fraction of sp³-hybridized carbons (Fsp3) is 0.873. The molecule has 0 aromatic heterocycles. The van der Waals surface area contributed by atoms with Gasteiger partial charge < -0.3 is 87.2 Å². The Morgan fingerprint density at radius 2 is 0.989 bits per heavy atom. The maximum Gasteiger partial charge on any atom is 0.326 e. The Kier molecular flexibility index (Phi) is 42.8. The van der Waals surface area contributed by atoms with Gasteiger partial charge in [0.1, 0.15) is 73.4 Å². The molecular weight excluding hydrogens is 1140 g/mol. The largest absolute Gasteiger partial charge is 0.480 e. The van der Waals surface area contributed by atoms with Crippen LogP contribution in [0, 0.1) is 5.92 Å². The second kappa shape index (κ2) is 47.3. The Bertz CT molecular complexity index is 1960. The quantitative estimate of drug-likeness (QED) is 0.0379. The summed E-state index contributed by atoms with van der Waals surface area (Å²) < 4.78 is 23.2. The number of ether oxygens (including phenoxy) is 4. The minimum atomic E-state index is -1.86. The van der Waals surface area contributed by atoms with Crippen molar-refractivity contribution in [3.8, 4) is 0 Å². The molecule has 2 fully saturated rings. The van der Waals surface area contributed by atoms with Crippen LogP contribution in [-0.4, -0.2) is 184 Å². The molecule has 2 saturated heterocycles. The third-order valence-corrected chi connectivity index (χ3v) is 16.6. The minimum absolute atomic E-state index is 0.0335. The lowest BCUT2D eigenvalue weighted by Gasteiger charge is -2.48. The van der Waals surface area contributed by atoms with Crippen molar-refractivity contribution in [1.82, 2.24) is 31.9 Å². The number of primary amides is 1. The molecule has 2 aliphatic rings. The average Bonchev–Trinajstić information content (AvgIpc) is 2.70. The first kappa shape index (κ1) is 79.5. The molecule has 0 aromatic carbocycles. The zero-order valence-corrected chi connectivity index (χ0v) is 53.7. The maximum atomic E-state index is 13.6. The van der Waals surface area contributed by atoms with Crippen LogP contribution in [-0.2, 0) is 57.3 Å². The van der Waals surface area contributed by atoms with Gasteiger partial charge in [0.2, 0.25) is 41.4 Å². The highest BCUT2D eigenvalue weighted by Gasteiger charge is 2.52. The van der Waals surface area contributed by atoms with Gasteiger partial charge in [0.05, 0.1) is 13.2 Å². The number of nitrogens with one attached hydrogen (secondary N) is 6. The zero-order valence-electron chi connectivity index (χ0n) is 53.7. The molecule has 7 amide bonds. The number of carboxylic acid groups (broad SMARTS) is 1. The molecule has 0 aromatic rings. The number of carbonyl (C=O) groups is 8. The molecule has 510 valence electrons. The normalized spacial score (nSPS) is 22.9. The highest BCUT2D eigenvalue weighted by Crippen LogP contribution is 2.31. The Hall–Kier alpha value is -4.60. The fourth-order valence-electron chi connectivity index (χ4n) is 11.4. The lowest BCUT2D eigenvalue weighted by molar-refractivity contribution is -0.331. The summed E-state index contributed by atoms with van der Waals surface area (Å²) in [4.78, 5) is 103. The Labute approximate surface area is 523 Å². The van der Waals surface area contributed by atoms with Crippen LogP contribution in [0.2, 0.25) is 0 Å². The van der Waals surface area contributed by atoms with Crippen molar-refractivity contribution in [1.29, 1.82) is 0 Å². The molecule has 2 rings (SSSR count). The molecule has 88 heavy (non-hydrogen) atoms. The monoisotopic (exact) mass is 1260 g/mol. The topological polar surface area (TPSA) is 393 Å². The maximum absolute atomic E-state index is 13.6. The van der Waals surface area contributed by atoms with Gasteiger partial charge in [-0.2, -0.15) is 0 Å². The van der Waals surface area contributed by atoms with Crippen molar-refractivity contribution in [2.24, 2.45) is 11.7 Å². The standard InChI is InChI=1S/C63H115N7O18/c1-6-9-11-13-15-17-19-21-23-25-27-29-33-44(34-30-28-26-24-22-20-18-16-14-12-10-7-2)59(80)65-38-32-31-35-47(61(82)83)69-50(75)37-36-46(58(64)79)70-60(81)45(8-3)68-51(76)41-85-57-53(67-43(5)74)62(84)86-49(40-72)56(57)88-63-52(66-42(4)73)55(78)54(77)48(39-71)87-63/h44-49,52-57,62-63,71-72,77-78,84H,6-41H2,1-5H3,(H2,64,79)(H,65,80)(H,66,73)(H,67,74)(H,68,76)(H,69,75)(H,70,81)(H,82,83)/t45-,46+,47-,48+,49+,52+,53+,54+,55+,56+,57+,62?,63-/m0/s1. The van der Waals surface area contributed by atoms with Gasteiger partial charge in [0.15, 0.2) is 12.6 Å². The summed E-state index contributed by atoms with van der Waals surface area (Å²) in [6, 6.07) is -7.00. The van der Waals surface area contributed by atoms with E-state index in [1.165, 1.54) is 135 Å². The molecule has 25 heteroatoms. The molecule has 13 atom stereocenters. The van der Waals surface area contributed by atoms with Crippen LogP contribution in [0.4, 0.5) is 0 Å². The van der Waals surface area contributed by atoms with Crippen molar-refractivity contribution in [2.45, 2.75) is 319 Å². The number of carbonyl (C=O) groups excluding carboxylic acids is 7. The van der Waals surface area contributed by atoms with Crippen molar-refractivity contribution < 1.29 is 87.9 Å². The second-order valence-electron chi connectivity index (χ2n) is 24.1. The van der Waals surface area contributed by atoms with Crippen molar-refractivity contribution in [3.05, 3.63) is 0 Å². The molecule has 14 N–H and O–H groups in total. The van der Waals surface area contributed by atoms with Gasteiger partial charge in [-0.05, 0) is 44.9 Å². The summed E-state index contributed by atoms with van der Waals surface area (Å²) in [6.07, 6.45) is 18.8. The smallest absolute Gasteiger partial charge is 0.326 e. The van der Waals surface area contributed by atoms with Gasteiger partial charge in [-0.3, -0.25) is 33.6 Å². The number of rotatable bonds is 51. The van der Waals surface area contributed by atoms with Crippen molar-refractivity contribution in [3.63, 3.8) is 0 Å².